The minimum absolute atomic E-state index is 0.0179. The molecule has 6 nitrogen and oxygen atoms in total. The van der Waals surface area contributed by atoms with Crippen LogP contribution in [-0.4, -0.2) is 34.4 Å². The molecule has 0 unspecified atom stereocenters. The number of allylic oxidation sites excluding steroid dienone is 2. The molecule has 1 N–H and O–H groups in total. The van der Waals surface area contributed by atoms with Gasteiger partial charge in [-0.2, -0.15) is 0 Å². The first-order valence-electron chi connectivity index (χ1n) is 18.2. The molecule has 4 aromatic rings. The molecule has 0 saturated heterocycles. The number of Topliss-reactive ketones (excluding diaryl/α,β-unsaturated/α-hetero) is 2. The van der Waals surface area contributed by atoms with E-state index >= 15 is 0 Å². The first-order chi connectivity index (χ1) is 24.2. The van der Waals surface area contributed by atoms with Gasteiger partial charge in [0.2, 0.25) is 0 Å². The fourth-order valence-corrected chi connectivity index (χ4v) is 6.01. The number of hydrogen-bond acceptors (Lipinski definition) is 5. The van der Waals surface area contributed by atoms with E-state index in [9.17, 15) is 14.4 Å². The summed E-state index contributed by atoms with van der Waals surface area (Å²) in [6.07, 6.45) is 9.57. The molecular formula is C44H55N3O3. The van der Waals surface area contributed by atoms with Crippen LogP contribution in [0, 0.1) is 0 Å². The Labute approximate surface area is 300 Å². The number of amides is 1. The van der Waals surface area contributed by atoms with Crippen LogP contribution in [0.1, 0.15) is 124 Å². The van der Waals surface area contributed by atoms with Gasteiger partial charge in [-0.25, -0.2) is 0 Å². The van der Waals surface area contributed by atoms with Crippen molar-refractivity contribution in [1.82, 2.24) is 9.88 Å². The molecule has 264 valence electrons. The van der Waals surface area contributed by atoms with Crippen molar-refractivity contribution in [3.8, 4) is 11.1 Å². The highest BCUT2D eigenvalue weighted by molar-refractivity contribution is 6.22. The van der Waals surface area contributed by atoms with Crippen LogP contribution in [0.2, 0.25) is 0 Å². The zero-order valence-corrected chi connectivity index (χ0v) is 31.4. The smallest absolute Gasteiger partial charge is 0.254 e. The summed E-state index contributed by atoms with van der Waals surface area (Å²) in [6, 6.07) is 23.9. The van der Waals surface area contributed by atoms with Gasteiger partial charge >= 0.3 is 0 Å². The predicted molar refractivity (Wildman–Crippen MR) is 208 cm³/mol. The fourth-order valence-electron chi connectivity index (χ4n) is 6.01. The number of unbranched alkanes of at least 4 members (excludes halogenated alkanes) is 1. The summed E-state index contributed by atoms with van der Waals surface area (Å²) in [5.74, 6) is 0.342. The van der Waals surface area contributed by atoms with Crippen molar-refractivity contribution >= 4 is 28.7 Å². The first-order valence-corrected chi connectivity index (χ1v) is 18.2. The van der Waals surface area contributed by atoms with Crippen molar-refractivity contribution in [3.63, 3.8) is 0 Å². The van der Waals surface area contributed by atoms with Crippen LogP contribution in [0.3, 0.4) is 0 Å². The summed E-state index contributed by atoms with van der Waals surface area (Å²) in [6.45, 7) is 15.1. The van der Waals surface area contributed by atoms with Gasteiger partial charge in [0, 0.05) is 66.9 Å². The Morgan fingerprint density at radius 2 is 1.42 bits per heavy atom. The molecule has 1 aliphatic rings. The van der Waals surface area contributed by atoms with Gasteiger partial charge < -0.3 is 10.2 Å². The molecule has 0 atom stereocenters. The lowest BCUT2D eigenvalue weighted by molar-refractivity contribution is -0.111. The van der Waals surface area contributed by atoms with Crippen LogP contribution in [0.4, 0.5) is 5.69 Å². The van der Waals surface area contributed by atoms with E-state index in [0.29, 0.717) is 25.1 Å². The van der Waals surface area contributed by atoms with Crippen molar-refractivity contribution in [2.45, 2.75) is 100 Å². The molecular weight excluding hydrogens is 619 g/mol. The Morgan fingerprint density at radius 1 is 0.780 bits per heavy atom. The molecule has 1 aromatic heterocycles. The molecule has 6 heteroatoms. The topological polar surface area (TPSA) is 79.4 Å². The summed E-state index contributed by atoms with van der Waals surface area (Å²) in [5.41, 5.74) is 10.8. The molecule has 1 amide bonds. The maximum absolute atomic E-state index is 13.0. The van der Waals surface area contributed by atoms with Gasteiger partial charge in [0.25, 0.3) is 5.91 Å². The fraction of sp³-hybridized carbons (Fsp3) is 0.364. The van der Waals surface area contributed by atoms with Gasteiger partial charge in [-0.05, 0) is 97.7 Å². The van der Waals surface area contributed by atoms with E-state index in [4.69, 9.17) is 0 Å². The van der Waals surface area contributed by atoms with Crippen molar-refractivity contribution in [1.29, 1.82) is 0 Å². The van der Waals surface area contributed by atoms with Crippen LogP contribution in [0.15, 0.2) is 90.8 Å². The molecule has 0 bridgehead atoms. The SMILES string of the molecule is CC.CC/C(C)=C(\C(C)=O)c1cc(-c2ccc(C(=O)N3Cc4ccncc4C3)cc2)ccc1NC.CCCCc1ccc(C(=O)CCC)cc1. The molecule has 0 aliphatic carbocycles. The zero-order chi connectivity index (χ0) is 36.6. The maximum Gasteiger partial charge on any atom is 0.254 e. The van der Waals surface area contributed by atoms with Gasteiger partial charge in [0.05, 0.1) is 0 Å². The van der Waals surface area contributed by atoms with Gasteiger partial charge in [-0.15, -0.1) is 0 Å². The van der Waals surface area contributed by atoms with E-state index < -0.39 is 0 Å². The Kier molecular flexibility index (Phi) is 15.8. The largest absolute Gasteiger partial charge is 0.388 e. The monoisotopic (exact) mass is 673 g/mol. The average Bonchev–Trinajstić information content (AvgIpc) is 3.59. The third-order valence-corrected chi connectivity index (χ3v) is 8.92. The lowest BCUT2D eigenvalue weighted by Crippen LogP contribution is -2.25. The molecule has 0 saturated carbocycles. The second-order valence-corrected chi connectivity index (χ2v) is 12.4. The Hall–Kier alpha value is -4.84. The van der Waals surface area contributed by atoms with E-state index in [0.717, 1.165) is 69.5 Å². The quantitative estimate of drug-likeness (QED) is 0.120. The van der Waals surface area contributed by atoms with Crippen molar-refractivity contribution in [3.05, 3.63) is 124 Å². The lowest BCUT2D eigenvalue weighted by Gasteiger charge is -2.17. The number of fused-ring (bicyclic) bond motifs is 1. The van der Waals surface area contributed by atoms with Crippen molar-refractivity contribution in [2.75, 3.05) is 12.4 Å². The number of carbonyl (C=O) groups excluding carboxylic acids is 3. The number of pyridine rings is 1. The van der Waals surface area contributed by atoms with Gasteiger partial charge in [0.15, 0.2) is 11.6 Å². The average molecular weight is 674 g/mol. The minimum Gasteiger partial charge on any atom is -0.388 e. The second-order valence-electron chi connectivity index (χ2n) is 12.4. The third kappa shape index (κ3) is 10.3. The van der Waals surface area contributed by atoms with Crippen molar-refractivity contribution in [2.24, 2.45) is 0 Å². The summed E-state index contributed by atoms with van der Waals surface area (Å²) < 4.78 is 0. The van der Waals surface area contributed by atoms with E-state index in [1.54, 1.807) is 13.1 Å². The van der Waals surface area contributed by atoms with E-state index in [2.05, 4.69) is 42.3 Å². The van der Waals surface area contributed by atoms with E-state index in [-0.39, 0.29) is 17.5 Å². The lowest BCUT2D eigenvalue weighted by atomic mass is 9.91. The van der Waals surface area contributed by atoms with Crippen LogP contribution >= 0.6 is 0 Å². The highest BCUT2D eigenvalue weighted by atomic mass is 16.2. The number of benzene rings is 3. The molecule has 2 heterocycles. The number of anilines is 1. The molecule has 1 aliphatic heterocycles. The molecule has 5 rings (SSSR count). The number of aryl methyl sites for hydroxylation is 1. The highest BCUT2D eigenvalue weighted by Gasteiger charge is 2.24. The Morgan fingerprint density at radius 3 is 2.00 bits per heavy atom. The molecule has 0 spiro atoms. The van der Waals surface area contributed by atoms with Crippen LogP contribution in [-0.2, 0) is 24.3 Å². The van der Waals surface area contributed by atoms with E-state index in [1.807, 2.05) is 100 Å². The number of nitrogens with zero attached hydrogens (tertiary/aromatic N) is 2. The minimum atomic E-state index is 0.0179. The maximum atomic E-state index is 13.0. The van der Waals surface area contributed by atoms with Crippen LogP contribution < -0.4 is 5.32 Å². The standard InChI is InChI=1S/C28H29N3O2.C14H20O.C2H6/c1-5-18(2)27(19(3)32)25-14-22(10-11-26(25)29-4)20-6-8-21(9-7-20)28(33)31-16-23-12-13-30-15-24(23)17-31;1-3-5-7-12-8-10-13(11-9-12)14(15)6-4-2;1-2/h6-15,29H,5,16-17H2,1-4H3;8-11H,3-7H2,1-2H3;1-2H3/b27-18+;;. The molecule has 50 heavy (non-hydrogen) atoms. The summed E-state index contributed by atoms with van der Waals surface area (Å²) in [7, 11) is 1.87. The second kappa shape index (κ2) is 20.0. The number of hydrogen-bond donors (Lipinski definition) is 1. The molecule has 0 fully saturated rings. The van der Waals surface area contributed by atoms with Crippen molar-refractivity contribution < 1.29 is 14.4 Å². The Balaban J connectivity index is 0.000000334. The zero-order valence-electron chi connectivity index (χ0n) is 31.4. The molecule has 3 aromatic carbocycles. The summed E-state index contributed by atoms with van der Waals surface area (Å²) in [4.78, 5) is 43.1. The van der Waals surface area contributed by atoms with Gasteiger partial charge in [0.1, 0.15) is 0 Å². The van der Waals surface area contributed by atoms with Gasteiger partial charge in [-0.3, -0.25) is 19.4 Å². The number of nitrogens with one attached hydrogen (secondary N) is 1. The Bertz CT molecular complexity index is 1730. The number of carbonyl (C=O) groups is 3. The van der Waals surface area contributed by atoms with Crippen LogP contribution in [0.25, 0.3) is 16.7 Å². The normalized spacial score (nSPS) is 12.0. The summed E-state index contributed by atoms with van der Waals surface area (Å²) >= 11 is 0. The summed E-state index contributed by atoms with van der Waals surface area (Å²) in [5, 5.41) is 3.21. The number of rotatable bonds is 12. The third-order valence-electron chi connectivity index (χ3n) is 8.92. The predicted octanol–water partition coefficient (Wildman–Crippen LogP) is 10.8. The number of ketones is 2. The first kappa shape index (κ1) is 39.6. The van der Waals surface area contributed by atoms with Gasteiger partial charge in [-0.1, -0.05) is 89.1 Å². The number of aromatic nitrogens is 1. The highest BCUT2D eigenvalue weighted by Crippen LogP contribution is 2.33. The van der Waals surface area contributed by atoms with E-state index in [1.165, 1.54) is 18.4 Å². The molecule has 0 radical (unpaired) electrons. The van der Waals surface area contributed by atoms with Crippen LogP contribution in [0.5, 0.6) is 0 Å².